The van der Waals surface area contributed by atoms with E-state index >= 15 is 0 Å². The molecule has 0 bridgehead atoms. The van der Waals surface area contributed by atoms with Crippen molar-refractivity contribution >= 4 is 21.8 Å². The zero-order chi connectivity index (χ0) is 20.0. The molecule has 0 unspecified atom stereocenters. The Hall–Kier alpha value is -2.80. The van der Waals surface area contributed by atoms with Gasteiger partial charge in [0.25, 0.3) is 0 Å². The van der Waals surface area contributed by atoms with Gasteiger partial charge in [-0.15, -0.1) is 0 Å². The summed E-state index contributed by atoms with van der Waals surface area (Å²) in [6.07, 6.45) is 4.27. The molecule has 0 radical (unpaired) electrons. The van der Waals surface area contributed by atoms with Crippen LogP contribution in [0.15, 0.2) is 53.4 Å². The van der Waals surface area contributed by atoms with Gasteiger partial charge >= 0.3 is 0 Å². The maximum Gasteiger partial charge on any atom is 0.244 e. The lowest BCUT2D eigenvalue weighted by atomic mass is 10.1. The molecule has 0 saturated carbocycles. The SMILES string of the molecule is COc1ccc(/C=C/C(=O)N[C@@H](C)c2ccc(S(C)(=O)=O)cc2)cc1OC. The number of ether oxygens (including phenoxy) is 2. The van der Waals surface area contributed by atoms with Crippen LogP contribution in [0.4, 0.5) is 0 Å². The van der Waals surface area contributed by atoms with Crippen LogP contribution in [0.2, 0.25) is 0 Å². The third-order valence-corrected chi connectivity index (χ3v) is 5.13. The van der Waals surface area contributed by atoms with Gasteiger partial charge in [-0.25, -0.2) is 8.42 Å². The topological polar surface area (TPSA) is 81.7 Å². The van der Waals surface area contributed by atoms with E-state index in [2.05, 4.69) is 5.32 Å². The van der Waals surface area contributed by atoms with Crippen LogP contribution in [0.5, 0.6) is 11.5 Å². The van der Waals surface area contributed by atoms with Gasteiger partial charge in [0.1, 0.15) is 0 Å². The Kier molecular flexibility index (Phi) is 6.63. The quantitative estimate of drug-likeness (QED) is 0.736. The summed E-state index contributed by atoms with van der Waals surface area (Å²) in [6, 6.07) is 11.6. The van der Waals surface area contributed by atoms with Gasteiger partial charge in [0, 0.05) is 12.3 Å². The zero-order valence-electron chi connectivity index (χ0n) is 15.7. The number of hydrogen-bond donors (Lipinski definition) is 1. The third-order valence-electron chi connectivity index (χ3n) is 4.00. The first-order valence-electron chi connectivity index (χ1n) is 8.25. The Morgan fingerprint density at radius 3 is 2.22 bits per heavy atom. The van der Waals surface area contributed by atoms with E-state index in [1.165, 1.54) is 18.2 Å². The van der Waals surface area contributed by atoms with Crippen molar-refractivity contribution in [3.8, 4) is 11.5 Å². The molecule has 0 saturated heterocycles. The number of sulfone groups is 1. The molecule has 2 aromatic carbocycles. The monoisotopic (exact) mass is 389 g/mol. The highest BCUT2D eigenvalue weighted by atomic mass is 32.2. The van der Waals surface area contributed by atoms with Crippen LogP contribution in [0, 0.1) is 0 Å². The number of carbonyl (C=O) groups excluding carboxylic acids is 1. The summed E-state index contributed by atoms with van der Waals surface area (Å²) in [5.41, 5.74) is 1.61. The summed E-state index contributed by atoms with van der Waals surface area (Å²) in [6.45, 7) is 1.83. The van der Waals surface area contributed by atoms with Gasteiger partial charge in [-0.3, -0.25) is 4.79 Å². The molecule has 6 nitrogen and oxygen atoms in total. The highest BCUT2D eigenvalue weighted by Crippen LogP contribution is 2.28. The first-order valence-corrected chi connectivity index (χ1v) is 10.1. The second-order valence-electron chi connectivity index (χ2n) is 6.02. The minimum absolute atomic E-state index is 0.248. The fourth-order valence-electron chi connectivity index (χ4n) is 2.48. The van der Waals surface area contributed by atoms with Gasteiger partial charge in [-0.1, -0.05) is 18.2 Å². The average molecular weight is 389 g/mol. The summed E-state index contributed by atoms with van der Waals surface area (Å²) in [5.74, 6) is 0.939. The molecule has 0 spiro atoms. The van der Waals surface area contributed by atoms with E-state index in [0.717, 1.165) is 17.4 Å². The lowest BCUT2D eigenvalue weighted by Gasteiger charge is -2.13. The summed E-state index contributed by atoms with van der Waals surface area (Å²) in [4.78, 5) is 12.4. The van der Waals surface area contributed by atoms with Crippen LogP contribution in [0.1, 0.15) is 24.1 Å². The van der Waals surface area contributed by atoms with Gasteiger partial charge in [-0.2, -0.15) is 0 Å². The minimum atomic E-state index is -3.24. The van der Waals surface area contributed by atoms with E-state index in [1.54, 1.807) is 44.6 Å². The van der Waals surface area contributed by atoms with Gasteiger partial charge < -0.3 is 14.8 Å². The van der Waals surface area contributed by atoms with Crippen LogP contribution in [0.25, 0.3) is 6.08 Å². The Morgan fingerprint density at radius 2 is 1.67 bits per heavy atom. The molecular weight excluding hydrogens is 366 g/mol. The molecule has 0 fully saturated rings. The molecule has 0 aliphatic rings. The first-order chi connectivity index (χ1) is 12.7. The second kappa shape index (κ2) is 8.73. The van der Waals surface area contributed by atoms with Crippen molar-refractivity contribution in [3.05, 3.63) is 59.7 Å². The highest BCUT2D eigenvalue weighted by Gasteiger charge is 2.11. The molecule has 7 heteroatoms. The smallest absolute Gasteiger partial charge is 0.244 e. The summed E-state index contributed by atoms with van der Waals surface area (Å²) in [7, 11) is -0.126. The fraction of sp³-hybridized carbons (Fsp3) is 0.250. The van der Waals surface area contributed by atoms with Crippen LogP contribution < -0.4 is 14.8 Å². The first kappa shape index (κ1) is 20.5. The maximum atomic E-state index is 12.2. The van der Waals surface area contributed by atoms with Crippen molar-refractivity contribution in [1.29, 1.82) is 0 Å². The molecule has 27 heavy (non-hydrogen) atoms. The average Bonchev–Trinajstić information content (AvgIpc) is 2.65. The molecule has 144 valence electrons. The van der Waals surface area contributed by atoms with E-state index in [1.807, 2.05) is 13.0 Å². The summed E-state index contributed by atoms with van der Waals surface area (Å²) in [5, 5.41) is 2.84. The molecule has 1 amide bonds. The van der Waals surface area contributed by atoms with Gasteiger partial charge in [0.05, 0.1) is 25.2 Å². The maximum absolute atomic E-state index is 12.2. The Morgan fingerprint density at radius 1 is 1.04 bits per heavy atom. The predicted octanol–water partition coefficient (Wildman–Crippen LogP) is 3.00. The Labute approximate surface area is 159 Å². The number of rotatable bonds is 7. The number of benzene rings is 2. The third kappa shape index (κ3) is 5.59. The van der Waals surface area contributed by atoms with Gasteiger partial charge in [-0.05, 0) is 48.4 Å². The molecule has 1 N–H and O–H groups in total. The van der Waals surface area contributed by atoms with Crippen molar-refractivity contribution in [3.63, 3.8) is 0 Å². The van der Waals surface area contributed by atoms with Crippen LogP contribution >= 0.6 is 0 Å². The standard InChI is InChI=1S/C20H23NO5S/c1-14(16-7-9-17(10-8-16)27(4,23)24)21-20(22)12-6-15-5-11-18(25-2)19(13-15)26-3/h5-14H,1-4H3,(H,21,22)/b12-6+/t14-/m0/s1. The molecule has 0 aromatic heterocycles. The van der Waals surface area contributed by atoms with E-state index in [-0.39, 0.29) is 16.8 Å². The summed E-state index contributed by atoms with van der Waals surface area (Å²) < 4.78 is 33.4. The molecule has 2 rings (SSSR count). The number of nitrogens with one attached hydrogen (secondary N) is 1. The second-order valence-corrected chi connectivity index (χ2v) is 8.03. The lowest BCUT2D eigenvalue weighted by Crippen LogP contribution is -2.24. The van der Waals surface area contributed by atoms with Crippen LogP contribution in [0.3, 0.4) is 0 Å². The van der Waals surface area contributed by atoms with Crippen molar-refractivity contribution in [2.75, 3.05) is 20.5 Å². The molecule has 1 atom stereocenters. The number of carbonyl (C=O) groups is 1. The van der Waals surface area contributed by atoms with Crippen molar-refractivity contribution < 1.29 is 22.7 Å². The number of amides is 1. The van der Waals surface area contributed by atoms with E-state index in [4.69, 9.17) is 9.47 Å². The number of hydrogen-bond acceptors (Lipinski definition) is 5. The molecule has 0 aliphatic carbocycles. The fourth-order valence-corrected chi connectivity index (χ4v) is 3.11. The molecule has 2 aromatic rings. The highest BCUT2D eigenvalue weighted by molar-refractivity contribution is 7.90. The minimum Gasteiger partial charge on any atom is -0.493 e. The van der Waals surface area contributed by atoms with E-state index < -0.39 is 9.84 Å². The predicted molar refractivity (Wildman–Crippen MR) is 105 cm³/mol. The summed E-state index contributed by atoms with van der Waals surface area (Å²) >= 11 is 0. The van der Waals surface area contributed by atoms with Crippen LogP contribution in [-0.4, -0.2) is 34.8 Å². The lowest BCUT2D eigenvalue weighted by molar-refractivity contribution is -0.117. The largest absolute Gasteiger partial charge is 0.493 e. The normalized spacial score (nSPS) is 12.6. The Balaban J connectivity index is 2.03. The van der Waals surface area contributed by atoms with E-state index in [9.17, 15) is 13.2 Å². The van der Waals surface area contributed by atoms with E-state index in [0.29, 0.717) is 11.5 Å². The van der Waals surface area contributed by atoms with Crippen molar-refractivity contribution in [1.82, 2.24) is 5.32 Å². The van der Waals surface area contributed by atoms with Crippen molar-refractivity contribution in [2.45, 2.75) is 17.9 Å². The molecule has 0 aliphatic heterocycles. The van der Waals surface area contributed by atoms with Crippen molar-refractivity contribution in [2.24, 2.45) is 0 Å². The van der Waals surface area contributed by atoms with Gasteiger partial charge in [0.2, 0.25) is 5.91 Å². The van der Waals surface area contributed by atoms with Crippen LogP contribution in [-0.2, 0) is 14.6 Å². The van der Waals surface area contributed by atoms with Gasteiger partial charge in [0.15, 0.2) is 21.3 Å². The number of methoxy groups -OCH3 is 2. The molecular formula is C20H23NO5S. The zero-order valence-corrected chi connectivity index (χ0v) is 16.5. The Bertz CT molecular complexity index is 933. The molecule has 0 heterocycles.